The fourth-order valence-electron chi connectivity index (χ4n) is 7.00. The number of hydrogen-bond donors (Lipinski definition) is 2. The van der Waals surface area contributed by atoms with Crippen LogP contribution in [-0.2, 0) is 8.23 Å². The lowest BCUT2D eigenvalue weighted by Gasteiger charge is -2.39. The van der Waals surface area contributed by atoms with Gasteiger partial charge in [-0.2, -0.15) is 0 Å². The molecule has 0 spiro atoms. The predicted molar refractivity (Wildman–Crippen MR) is 225 cm³/mol. The lowest BCUT2D eigenvalue weighted by molar-refractivity contribution is 0.0686. The maximum absolute atomic E-state index is 10.9. The van der Waals surface area contributed by atoms with Crippen molar-refractivity contribution in [3.05, 3.63) is 59.7 Å². The van der Waals surface area contributed by atoms with E-state index in [4.69, 9.17) is 27.9 Å². The van der Waals surface area contributed by atoms with Crippen molar-refractivity contribution in [3.8, 4) is 11.5 Å². The van der Waals surface area contributed by atoms with Crippen molar-refractivity contribution < 1.29 is 37.5 Å². The molecule has 0 saturated heterocycles. The lowest BCUT2D eigenvalue weighted by atomic mass is 10.1. The van der Waals surface area contributed by atoms with Gasteiger partial charge in [0, 0.05) is 0 Å². The van der Waals surface area contributed by atoms with Gasteiger partial charge in [0.05, 0.1) is 24.3 Å². The maximum Gasteiger partial charge on any atom is 0.335 e. The Hall–Kier alpha value is -2.45. The fraction of sp³-hybridized carbons (Fsp3) is 0.667. The second-order valence-electron chi connectivity index (χ2n) is 16.3. The number of ether oxygens (including phenoxy) is 2. The Morgan fingerprint density at radius 3 is 0.981 bits per heavy atom. The molecule has 0 aromatic heterocycles. The average Bonchev–Trinajstić information content (AvgIpc) is 3.08. The van der Waals surface area contributed by atoms with Gasteiger partial charge in [-0.15, -0.1) is 0 Å². The highest BCUT2D eigenvalue weighted by molar-refractivity contribution is 6.87. The van der Waals surface area contributed by atoms with Crippen molar-refractivity contribution in [2.75, 3.05) is 13.2 Å². The summed E-state index contributed by atoms with van der Waals surface area (Å²) in [5.41, 5.74) is 0.570. The molecule has 0 radical (unpaired) electrons. The van der Waals surface area contributed by atoms with Gasteiger partial charge >= 0.3 is 20.5 Å². The third-order valence-corrected chi connectivity index (χ3v) is 21.1. The van der Waals surface area contributed by atoms with Crippen molar-refractivity contribution in [2.45, 2.75) is 167 Å². The first-order valence-electron chi connectivity index (χ1n) is 20.5. The van der Waals surface area contributed by atoms with Crippen LogP contribution in [0.3, 0.4) is 0 Å². The molecule has 2 rings (SSSR count). The number of aromatic carboxylic acids is 2. The van der Waals surface area contributed by atoms with E-state index in [0.717, 1.165) is 24.3 Å². The van der Waals surface area contributed by atoms with Crippen molar-refractivity contribution in [1.82, 2.24) is 0 Å². The van der Waals surface area contributed by atoms with Crippen LogP contribution in [-0.4, -0.2) is 60.6 Å². The summed E-state index contributed by atoms with van der Waals surface area (Å²) >= 11 is 0. The Morgan fingerprint density at radius 2 is 0.698 bits per heavy atom. The number of carbonyl (C=O) groups is 2. The van der Waals surface area contributed by atoms with Crippen LogP contribution in [0.4, 0.5) is 0 Å². The zero-order valence-corrected chi connectivity index (χ0v) is 37.0. The van der Waals surface area contributed by atoms with E-state index < -0.39 is 37.1 Å². The molecule has 0 atom stereocenters. The monoisotopic (exact) mass is 788 g/mol. The van der Waals surface area contributed by atoms with E-state index >= 15 is 0 Å². The van der Waals surface area contributed by atoms with Crippen molar-refractivity contribution in [1.29, 1.82) is 0 Å². The van der Waals surface area contributed by atoms with Gasteiger partial charge in [0.2, 0.25) is 0 Å². The van der Waals surface area contributed by atoms with Gasteiger partial charge < -0.3 is 27.9 Å². The Balaban J connectivity index is 1.41. The van der Waals surface area contributed by atoms with E-state index in [0.29, 0.717) is 13.2 Å². The van der Waals surface area contributed by atoms with Crippen molar-refractivity contribution in [3.63, 3.8) is 0 Å². The Labute approximate surface area is 324 Å². The normalized spacial score (nSPS) is 12.2. The first-order chi connectivity index (χ1) is 25.2. The molecule has 0 amide bonds. The van der Waals surface area contributed by atoms with Crippen LogP contribution >= 0.6 is 0 Å². The molecule has 0 saturated carbocycles. The van der Waals surface area contributed by atoms with E-state index in [1.165, 1.54) is 115 Å². The highest BCUT2D eigenvalue weighted by atomic mass is 28.5. The third kappa shape index (κ3) is 23.2. The van der Waals surface area contributed by atoms with Crippen molar-refractivity contribution in [2.24, 2.45) is 0 Å². The number of benzene rings is 2. The molecule has 0 aliphatic rings. The van der Waals surface area contributed by atoms with E-state index in [1.54, 1.807) is 48.5 Å². The highest BCUT2D eigenvalue weighted by Crippen LogP contribution is 2.28. The number of unbranched alkanes of at least 4 members (excludes halogenated alkanes) is 16. The van der Waals surface area contributed by atoms with E-state index in [2.05, 4.69) is 39.3 Å². The molecule has 0 fully saturated rings. The van der Waals surface area contributed by atoms with E-state index in [-0.39, 0.29) is 11.1 Å². The summed E-state index contributed by atoms with van der Waals surface area (Å²) in [5, 5.41) is 18.0. The first kappa shape index (κ1) is 46.7. The summed E-state index contributed by atoms with van der Waals surface area (Å²) in [4.78, 5) is 21.9. The molecule has 53 heavy (non-hydrogen) atoms. The largest absolute Gasteiger partial charge is 0.494 e. The smallest absolute Gasteiger partial charge is 0.335 e. The lowest BCUT2D eigenvalue weighted by Crippen LogP contribution is -2.52. The van der Waals surface area contributed by atoms with Crippen LogP contribution in [0.1, 0.15) is 136 Å². The van der Waals surface area contributed by atoms with Gasteiger partial charge in [0.25, 0.3) is 0 Å². The molecule has 0 aliphatic heterocycles. The number of hydrogen-bond acceptors (Lipinski definition) is 6. The van der Waals surface area contributed by atoms with Gasteiger partial charge in [-0.05, 0) is 113 Å². The number of carboxylic acids is 2. The molecule has 2 aromatic carbocycles. The number of carboxylic acid groups (broad SMARTS) is 2. The topological polar surface area (TPSA) is 112 Å². The number of rotatable bonds is 32. The Kier molecular flexibility index (Phi) is 22.6. The second kappa shape index (κ2) is 25.6. The van der Waals surface area contributed by atoms with Gasteiger partial charge in [-0.1, -0.05) is 103 Å². The predicted octanol–water partition coefficient (Wildman–Crippen LogP) is 12.7. The zero-order valence-electron chi connectivity index (χ0n) is 34.0. The first-order valence-corrected chi connectivity index (χ1v) is 29.6. The van der Waals surface area contributed by atoms with Crippen LogP contribution < -0.4 is 9.47 Å². The molecule has 0 heterocycles. The average molecular weight is 789 g/mol. The van der Waals surface area contributed by atoms with Crippen LogP contribution in [0.5, 0.6) is 11.5 Å². The summed E-state index contributed by atoms with van der Waals surface area (Å²) in [7, 11) is -5.68. The van der Waals surface area contributed by atoms with Crippen molar-refractivity contribution >= 4 is 37.1 Å². The minimum Gasteiger partial charge on any atom is -0.494 e. The van der Waals surface area contributed by atoms with Gasteiger partial charge in [-0.3, -0.25) is 0 Å². The Morgan fingerprint density at radius 1 is 0.434 bits per heavy atom. The van der Waals surface area contributed by atoms with Gasteiger partial charge in [-0.25, -0.2) is 9.59 Å². The summed E-state index contributed by atoms with van der Waals surface area (Å²) in [6.45, 7) is 15.4. The Bertz CT molecular complexity index is 1180. The third-order valence-electron chi connectivity index (χ3n) is 9.63. The fourth-order valence-corrected chi connectivity index (χ4v) is 21.2. The molecule has 300 valence electrons. The molecular weight excluding hydrogens is 717 g/mol. The molecule has 0 bridgehead atoms. The van der Waals surface area contributed by atoms with Gasteiger partial charge in [0.1, 0.15) is 11.5 Å². The SMILES string of the molecule is C[Si](C)(CCCCCCCCCCCOc1ccc(C(=O)O)cc1)O[Si](C)(C)O[Si](C)(C)CCCCCCCCCCCOc1ccc(C(=O)O)cc1. The summed E-state index contributed by atoms with van der Waals surface area (Å²) in [5.74, 6) is -0.356. The second-order valence-corrected chi connectivity index (χ2v) is 28.8. The maximum atomic E-state index is 10.9. The van der Waals surface area contributed by atoms with E-state index in [9.17, 15) is 9.59 Å². The molecule has 2 N–H and O–H groups in total. The minimum absolute atomic E-state index is 0.285. The molecule has 0 unspecified atom stereocenters. The standard InChI is InChI=1S/C42H72O8Si3/c1-51(2,35-23-19-15-11-7-9-13-17-21-33-47-39-29-25-37(26-30-39)41(43)44)49-53(5,6)50-52(3,4)36-24-20-16-12-8-10-14-18-22-34-48-40-31-27-38(28-32-40)42(45)46/h25-32H,7-24,33-36H2,1-6H3,(H,43,44)(H,45,46). The van der Waals surface area contributed by atoms with Crippen LogP contribution in [0.15, 0.2) is 48.5 Å². The summed E-state index contributed by atoms with van der Waals surface area (Å²) in [6, 6.07) is 15.7. The molecule has 11 heteroatoms. The summed E-state index contributed by atoms with van der Waals surface area (Å²) < 4.78 is 25.2. The minimum atomic E-state index is -2.16. The molecule has 8 nitrogen and oxygen atoms in total. The summed E-state index contributed by atoms with van der Waals surface area (Å²) in [6.07, 6.45) is 22.4. The van der Waals surface area contributed by atoms with E-state index in [1.807, 2.05) is 0 Å². The van der Waals surface area contributed by atoms with Crippen LogP contribution in [0.2, 0.25) is 51.4 Å². The zero-order chi connectivity index (χ0) is 39.0. The van der Waals surface area contributed by atoms with Crippen LogP contribution in [0, 0.1) is 0 Å². The molecular formula is C42H72O8Si3. The molecule has 0 aliphatic carbocycles. The van der Waals surface area contributed by atoms with Gasteiger partial charge in [0.15, 0.2) is 16.6 Å². The quantitative estimate of drug-likeness (QED) is 0.0557. The van der Waals surface area contributed by atoms with Crippen LogP contribution in [0.25, 0.3) is 0 Å². The molecule has 2 aromatic rings. The highest BCUT2D eigenvalue weighted by Gasteiger charge is 2.39.